The monoisotopic (exact) mass is 704 g/mol. The minimum atomic E-state index is -1.14. The van der Waals surface area contributed by atoms with Crippen LogP contribution in [0.1, 0.15) is 149 Å². The molecule has 0 fully saturated rings. The average molecular weight is 704 g/mol. The van der Waals surface area contributed by atoms with Crippen LogP contribution in [0.5, 0.6) is 0 Å². The van der Waals surface area contributed by atoms with Crippen LogP contribution in [0.25, 0.3) is 0 Å². The van der Waals surface area contributed by atoms with Gasteiger partial charge in [0.15, 0.2) is 6.10 Å². The standard InChI is InChI=1S/C42H73NO7/c1-6-8-10-12-14-16-17-18-19-20-21-22-23-25-27-29-31-33-41(45)50-38(36-48-35-34-39(42(46)47)43(3,4)5)37-49-40(44)32-30-28-26-24-15-13-11-9-7-2/h14,16,18-19,21-22,25,27,38-39H,6-13,15,17,20,23-24,26,28-37H2,1-5H3/b16-14+,19-18+,22-21+,27-25+. The van der Waals surface area contributed by atoms with Crippen molar-refractivity contribution in [3.8, 4) is 0 Å². The van der Waals surface area contributed by atoms with Crippen molar-refractivity contribution in [2.75, 3.05) is 41.0 Å². The Hall–Kier alpha value is -2.71. The maximum Gasteiger partial charge on any atom is 0.306 e. The molecule has 0 rings (SSSR count). The van der Waals surface area contributed by atoms with Crippen molar-refractivity contribution >= 4 is 17.9 Å². The second kappa shape index (κ2) is 33.4. The van der Waals surface area contributed by atoms with Crippen molar-refractivity contribution in [1.82, 2.24) is 0 Å². The topological polar surface area (TPSA) is 102 Å². The van der Waals surface area contributed by atoms with Crippen molar-refractivity contribution in [3.63, 3.8) is 0 Å². The van der Waals surface area contributed by atoms with E-state index in [0.29, 0.717) is 12.8 Å². The third-order valence-corrected chi connectivity index (χ3v) is 8.47. The number of esters is 2. The Morgan fingerprint density at radius 1 is 0.600 bits per heavy atom. The highest BCUT2D eigenvalue weighted by molar-refractivity contribution is 5.70. The van der Waals surface area contributed by atoms with Gasteiger partial charge in [-0.3, -0.25) is 9.59 Å². The summed E-state index contributed by atoms with van der Waals surface area (Å²) in [7, 11) is 5.37. The number of carboxylic acids is 1. The largest absolute Gasteiger partial charge is 0.544 e. The van der Waals surface area contributed by atoms with Gasteiger partial charge in [-0.25, -0.2) is 0 Å². The van der Waals surface area contributed by atoms with Crippen LogP contribution in [0.4, 0.5) is 0 Å². The number of nitrogens with zero attached hydrogens (tertiary/aromatic N) is 1. The summed E-state index contributed by atoms with van der Waals surface area (Å²) in [5, 5.41) is 11.6. The predicted molar refractivity (Wildman–Crippen MR) is 203 cm³/mol. The van der Waals surface area contributed by atoms with Crippen molar-refractivity contribution < 1.29 is 38.2 Å². The van der Waals surface area contributed by atoms with Crippen LogP contribution in [0.15, 0.2) is 48.6 Å². The summed E-state index contributed by atoms with van der Waals surface area (Å²) in [5.41, 5.74) is 0. The van der Waals surface area contributed by atoms with Gasteiger partial charge in [0, 0.05) is 19.3 Å². The number of rotatable bonds is 34. The summed E-state index contributed by atoms with van der Waals surface area (Å²) >= 11 is 0. The van der Waals surface area contributed by atoms with E-state index in [-0.39, 0.29) is 49.1 Å². The maximum absolute atomic E-state index is 12.6. The summed E-state index contributed by atoms with van der Waals surface area (Å²) in [6, 6.07) is -0.733. The number of carbonyl (C=O) groups excluding carboxylic acids is 3. The molecular formula is C42H73NO7. The molecule has 0 bridgehead atoms. The van der Waals surface area contributed by atoms with Gasteiger partial charge in [-0.15, -0.1) is 0 Å². The van der Waals surface area contributed by atoms with Crippen LogP contribution < -0.4 is 5.11 Å². The van der Waals surface area contributed by atoms with Gasteiger partial charge in [-0.05, 0) is 51.4 Å². The minimum absolute atomic E-state index is 0.0190. The molecule has 0 N–H and O–H groups in total. The van der Waals surface area contributed by atoms with Gasteiger partial charge in [-0.1, -0.05) is 127 Å². The molecule has 0 amide bonds. The molecule has 8 nitrogen and oxygen atoms in total. The highest BCUT2D eigenvalue weighted by Gasteiger charge is 2.25. The number of carboxylic acid groups (broad SMARTS) is 1. The van der Waals surface area contributed by atoms with Crippen LogP contribution in [0, 0.1) is 0 Å². The first-order valence-corrected chi connectivity index (χ1v) is 19.7. The highest BCUT2D eigenvalue weighted by atomic mass is 16.6. The van der Waals surface area contributed by atoms with E-state index >= 15 is 0 Å². The fourth-order valence-corrected chi connectivity index (χ4v) is 5.36. The number of hydrogen-bond acceptors (Lipinski definition) is 7. The maximum atomic E-state index is 12.6. The SMILES string of the molecule is CCCCC/C=C/C/C=C/C/C=C/C/C=C/CCCC(=O)OC(COCCC(C(=O)[O-])[N+](C)(C)C)COC(=O)CCCCCCCCCCC. The van der Waals surface area contributed by atoms with Crippen molar-refractivity contribution in [1.29, 1.82) is 0 Å². The molecule has 2 unspecified atom stereocenters. The van der Waals surface area contributed by atoms with Gasteiger partial charge in [0.1, 0.15) is 12.6 Å². The number of ether oxygens (including phenoxy) is 3. The lowest BCUT2D eigenvalue weighted by Crippen LogP contribution is -2.55. The number of aliphatic carboxylic acids is 1. The number of likely N-dealkylation sites (N-methyl/N-ethyl adjacent to an activating group) is 1. The van der Waals surface area contributed by atoms with E-state index < -0.39 is 18.1 Å². The summed E-state index contributed by atoms with van der Waals surface area (Å²) in [5.74, 6) is -1.82. The average Bonchev–Trinajstić information content (AvgIpc) is 3.06. The van der Waals surface area contributed by atoms with Gasteiger partial charge in [0.2, 0.25) is 0 Å². The molecule has 0 saturated heterocycles. The molecule has 0 aromatic heterocycles. The Bertz CT molecular complexity index is 964. The van der Waals surface area contributed by atoms with Crippen molar-refractivity contribution in [2.24, 2.45) is 0 Å². The van der Waals surface area contributed by atoms with E-state index in [4.69, 9.17) is 14.2 Å². The first-order chi connectivity index (χ1) is 24.1. The minimum Gasteiger partial charge on any atom is -0.544 e. The lowest BCUT2D eigenvalue weighted by molar-refractivity contribution is -0.889. The van der Waals surface area contributed by atoms with Gasteiger partial charge in [0.25, 0.3) is 0 Å². The quantitative estimate of drug-likeness (QED) is 0.0286. The number of quaternary nitrogens is 1. The van der Waals surface area contributed by atoms with Crippen molar-refractivity contribution in [3.05, 3.63) is 48.6 Å². The first-order valence-electron chi connectivity index (χ1n) is 19.7. The molecular weight excluding hydrogens is 630 g/mol. The molecule has 0 radical (unpaired) electrons. The van der Waals surface area contributed by atoms with Gasteiger partial charge in [0.05, 0.1) is 40.3 Å². The Balaban J connectivity index is 4.51. The molecule has 0 aliphatic carbocycles. The Morgan fingerprint density at radius 2 is 1.08 bits per heavy atom. The fraction of sp³-hybridized carbons (Fsp3) is 0.738. The second-order valence-corrected chi connectivity index (χ2v) is 14.2. The fourth-order valence-electron chi connectivity index (χ4n) is 5.36. The first kappa shape index (κ1) is 47.3. The Kier molecular flexibility index (Phi) is 31.6. The van der Waals surface area contributed by atoms with E-state index in [1.54, 1.807) is 21.1 Å². The summed E-state index contributed by atoms with van der Waals surface area (Å²) in [4.78, 5) is 36.6. The summed E-state index contributed by atoms with van der Waals surface area (Å²) in [6.07, 6.45) is 37.2. The van der Waals surface area contributed by atoms with E-state index in [1.807, 2.05) is 0 Å². The summed E-state index contributed by atoms with van der Waals surface area (Å²) < 4.78 is 17.0. The second-order valence-electron chi connectivity index (χ2n) is 14.2. The molecule has 0 saturated carbocycles. The van der Waals surface area contributed by atoms with Crippen LogP contribution in [-0.2, 0) is 28.6 Å². The Labute approximate surface area is 306 Å². The van der Waals surface area contributed by atoms with E-state index in [0.717, 1.165) is 44.9 Å². The normalized spacial score (nSPS) is 13.5. The molecule has 0 aromatic rings. The van der Waals surface area contributed by atoms with Gasteiger partial charge >= 0.3 is 11.9 Å². The number of carbonyl (C=O) groups is 3. The molecule has 288 valence electrons. The molecule has 50 heavy (non-hydrogen) atoms. The van der Waals surface area contributed by atoms with Crippen LogP contribution >= 0.6 is 0 Å². The Morgan fingerprint density at radius 3 is 1.62 bits per heavy atom. The molecule has 0 aromatic carbocycles. The van der Waals surface area contributed by atoms with Crippen LogP contribution in [-0.4, -0.2) is 75.5 Å². The third kappa shape index (κ3) is 31.3. The lowest BCUT2D eigenvalue weighted by Gasteiger charge is -2.34. The zero-order valence-corrected chi connectivity index (χ0v) is 32.5. The van der Waals surface area contributed by atoms with Crippen molar-refractivity contribution in [2.45, 2.75) is 161 Å². The smallest absolute Gasteiger partial charge is 0.306 e. The van der Waals surface area contributed by atoms with Crippen LogP contribution in [0.2, 0.25) is 0 Å². The third-order valence-electron chi connectivity index (χ3n) is 8.47. The summed E-state index contributed by atoms with van der Waals surface area (Å²) in [6.45, 7) is 4.53. The van der Waals surface area contributed by atoms with Crippen LogP contribution in [0.3, 0.4) is 0 Å². The molecule has 0 aliphatic heterocycles. The van der Waals surface area contributed by atoms with E-state index in [2.05, 4.69) is 62.5 Å². The molecule has 8 heteroatoms. The van der Waals surface area contributed by atoms with Gasteiger partial charge in [-0.2, -0.15) is 0 Å². The lowest BCUT2D eigenvalue weighted by atomic mass is 10.1. The zero-order valence-electron chi connectivity index (χ0n) is 32.5. The highest BCUT2D eigenvalue weighted by Crippen LogP contribution is 2.12. The molecule has 0 aliphatic rings. The zero-order chi connectivity index (χ0) is 37.1. The molecule has 0 heterocycles. The van der Waals surface area contributed by atoms with Gasteiger partial charge < -0.3 is 28.6 Å². The van der Waals surface area contributed by atoms with E-state index in [1.165, 1.54) is 64.2 Å². The predicted octanol–water partition coefficient (Wildman–Crippen LogP) is 8.74. The number of hydrogen-bond donors (Lipinski definition) is 0. The van der Waals surface area contributed by atoms with E-state index in [9.17, 15) is 19.5 Å². The number of unbranched alkanes of at least 4 members (excludes halogenated alkanes) is 12. The molecule has 0 spiro atoms. The molecule has 2 atom stereocenters. The number of allylic oxidation sites excluding steroid dienone is 8.